The molecule has 1 saturated heterocycles. The third-order valence-corrected chi connectivity index (χ3v) is 7.01. The van der Waals surface area contributed by atoms with Gasteiger partial charge in [0.15, 0.2) is 11.3 Å². The molecular formula is C28H28F3N5O3. The molecule has 0 aliphatic carbocycles. The van der Waals surface area contributed by atoms with Crippen molar-refractivity contribution >= 4 is 22.8 Å². The van der Waals surface area contributed by atoms with E-state index in [1.165, 1.54) is 22.9 Å². The number of anilines is 1. The number of nitrogens with zero attached hydrogens (tertiary/aromatic N) is 5. The predicted octanol–water partition coefficient (Wildman–Crippen LogP) is 5.94. The Morgan fingerprint density at radius 3 is 2.51 bits per heavy atom. The summed E-state index contributed by atoms with van der Waals surface area (Å²) in [4.78, 5) is 23.1. The summed E-state index contributed by atoms with van der Waals surface area (Å²) in [5.74, 6) is -0.606. The monoisotopic (exact) mass is 539 g/mol. The molecule has 8 nitrogen and oxygen atoms in total. The quantitative estimate of drug-likeness (QED) is 0.324. The number of rotatable bonds is 6. The molecule has 1 fully saturated rings. The number of aromatic nitrogens is 4. The van der Waals surface area contributed by atoms with E-state index in [9.17, 15) is 23.1 Å². The predicted molar refractivity (Wildman–Crippen MR) is 140 cm³/mol. The first-order valence-corrected chi connectivity index (χ1v) is 12.7. The Bertz CT molecular complexity index is 1510. The standard InChI is InChI=1S/C28H28F3N5O3/c1-16(2)25-24-21(17-7-8-23(32-15-17)35(3)19-9-11-39-12-10-19)14-22(27(37)38)33-26(24)36(34-25)20-6-4-5-18(13-20)28(29,30)31/h4-8,13-16,19H,9-12H2,1-3H3,(H,37,38). The van der Waals surface area contributed by atoms with E-state index >= 15 is 0 Å². The molecule has 1 aromatic carbocycles. The van der Waals surface area contributed by atoms with Gasteiger partial charge in [-0.2, -0.15) is 18.3 Å². The summed E-state index contributed by atoms with van der Waals surface area (Å²) in [5, 5.41) is 15.0. The Labute approximate surface area is 223 Å². The summed E-state index contributed by atoms with van der Waals surface area (Å²) in [6.07, 6.45) is -1.06. The van der Waals surface area contributed by atoms with Gasteiger partial charge in [-0.25, -0.2) is 19.4 Å². The summed E-state index contributed by atoms with van der Waals surface area (Å²) < 4.78 is 47.1. The molecule has 0 saturated carbocycles. The molecular weight excluding hydrogens is 511 g/mol. The molecule has 0 unspecified atom stereocenters. The molecule has 1 N–H and O–H groups in total. The van der Waals surface area contributed by atoms with E-state index in [0.717, 1.165) is 30.8 Å². The molecule has 1 aliphatic heterocycles. The number of hydrogen-bond acceptors (Lipinski definition) is 6. The average molecular weight is 540 g/mol. The van der Waals surface area contributed by atoms with E-state index in [-0.39, 0.29) is 22.9 Å². The number of fused-ring (bicyclic) bond motifs is 1. The van der Waals surface area contributed by atoms with Crippen molar-refractivity contribution in [1.82, 2.24) is 19.7 Å². The maximum Gasteiger partial charge on any atom is 0.416 e. The average Bonchev–Trinajstić information content (AvgIpc) is 3.32. The van der Waals surface area contributed by atoms with Crippen LogP contribution in [-0.4, -0.2) is 57.1 Å². The van der Waals surface area contributed by atoms with Gasteiger partial charge < -0.3 is 14.7 Å². The van der Waals surface area contributed by atoms with Crippen LogP contribution in [0.5, 0.6) is 0 Å². The highest BCUT2D eigenvalue weighted by atomic mass is 19.4. The Balaban J connectivity index is 1.67. The van der Waals surface area contributed by atoms with Crippen LogP contribution in [0.3, 0.4) is 0 Å². The van der Waals surface area contributed by atoms with Crippen LogP contribution in [0.4, 0.5) is 19.0 Å². The second-order valence-corrected chi connectivity index (χ2v) is 9.92. The molecule has 0 spiro atoms. The van der Waals surface area contributed by atoms with Gasteiger partial charge in [0.1, 0.15) is 5.82 Å². The fourth-order valence-corrected chi connectivity index (χ4v) is 4.89. The largest absolute Gasteiger partial charge is 0.477 e. The van der Waals surface area contributed by atoms with Crippen LogP contribution in [-0.2, 0) is 10.9 Å². The minimum absolute atomic E-state index is 0.123. The Morgan fingerprint density at radius 1 is 1.15 bits per heavy atom. The van der Waals surface area contributed by atoms with Gasteiger partial charge in [-0.1, -0.05) is 19.9 Å². The second-order valence-electron chi connectivity index (χ2n) is 9.92. The molecule has 11 heteroatoms. The summed E-state index contributed by atoms with van der Waals surface area (Å²) in [5.41, 5.74) is 1.00. The molecule has 0 bridgehead atoms. The van der Waals surface area contributed by atoms with E-state index in [0.29, 0.717) is 41.5 Å². The second kappa shape index (κ2) is 10.3. The number of carbonyl (C=O) groups is 1. The van der Waals surface area contributed by atoms with Gasteiger partial charge in [-0.05, 0) is 60.7 Å². The van der Waals surface area contributed by atoms with Gasteiger partial charge in [-0.3, -0.25) is 0 Å². The van der Waals surface area contributed by atoms with Crippen molar-refractivity contribution in [2.75, 3.05) is 25.2 Å². The minimum atomic E-state index is -4.55. The van der Waals surface area contributed by atoms with Crippen LogP contribution in [0.15, 0.2) is 48.7 Å². The lowest BCUT2D eigenvalue weighted by Crippen LogP contribution is -2.37. The fraction of sp³-hybridized carbons (Fsp3) is 0.357. The van der Waals surface area contributed by atoms with Crippen molar-refractivity contribution in [2.24, 2.45) is 0 Å². The SMILES string of the molecule is CC(C)c1nn(-c2cccc(C(F)(F)F)c2)c2nc(C(=O)O)cc(-c3ccc(N(C)C4CCOCC4)nc3)c12. The van der Waals surface area contributed by atoms with Crippen molar-refractivity contribution < 1.29 is 27.8 Å². The van der Waals surface area contributed by atoms with Crippen LogP contribution < -0.4 is 4.90 Å². The maximum absolute atomic E-state index is 13.5. The van der Waals surface area contributed by atoms with Crippen molar-refractivity contribution in [3.8, 4) is 16.8 Å². The Hall–Kier alpha value is -3.99. The zero-order valence-corrected chi connectivity index (χ0v) is 21.7. The van der Waals surface area contributed by atoms with Crippen molar-refractivity contribution in [3.05, 3.63) is 65.6 Å². The van der Waals surface area contributed by atoms with Crippen LogP contribution in [0.2, 0.25) is 0 Å². The summed E-state index contributed by atoms with van der Waals surface area (Å²) in [6.45, 7) is 5.23. The molecule has 4 aromatic rings. The van der Waals surface area contributed by atoms with Crippen molar-refractivity contribution in [3.63, 3.8) is 0 Å². The maximum atomic E-state index is 13.5. The zero-order chi connectivity index (χ0) is 27.9. The minimum Gasteiger partial charge on any atom is -0.477 e. The highest BCUT2D eigenvalue weighted by Crippen LogP contribution is 2.37. The van der Waals surface area contributed by atoms with Gasteiger partial charge >= 0.3 is 12.1 Å². The summed E-state index contributed by atoms with van der Waals surface area (Å²) in [7, 11) is 1.99. The molecule has 3 aromatic heterocycles. The van der Waals surface area contributed by atoms with Crippen molar-refractivity contribution in [2.45, 2.75) is 44.8 Å². The lowest BCUT2D eigenvalue weighted by Gasteiger charge is -2.32. The highest BCUT2D eigenvalue weighted by molar-refractivity contribution is 6.00. The summed E-state index contributed by atoms with van der Waals surface area (Å²) in [6, 6.07) is 10.3. The number of pyridine rings is 2. The highest BCUT2D eigenvalue weighted by Gasteiger charge is 2.31. The molecule has 0 radical (unpaired) electrons. The van der Waals surface area contributed by atoms with Gasteiger partial charge in [0.25, 0.3) is 0 Å². The summed E-state index contributed by atoms with van der Waals surface area (Å²) >= 11 is 0. The molecule has 5 rings (SSSR count). The number of hydrogen-bond donors (Lipinski definition) is 1. The molecule has 39 heavy (non-hydrogen) atoms. The number of carboxylic acid groups (broad SMARTS) is 1. The molecule has 4 heterocycles. The van der Waals surface area contributed by atoms with E-state index < -0.39 is 17.7 Å². The third kappa shape index (κ3) is 5.18. The van der Waals surface area contributed by atoms with E-state index in [2.05, 4.69) is 20.0 Å². The van der Waals surface area contributed by atoms with E-state index in [4.69, 9.17) is 4.74 Å². The first-order valence-electron chi connectivity index (χ1n) is 12.7. The number of ether oxygens (including phenoxy) is 1. The van der Waals surface area contributed by atoms with Gasteiger partial charge in [0, 0.05) is 38.1 Å². The van der Waals surface area contributed by atoms with E-state index in [1.54, 1.807) is 6.20 Å². The number of alkyl halides is 3. The number of aromatic carboxylic acids is 1. The molecule has 0 atom stereocenters. The normalized spacial score (nSPS) is 14.7. The molecule has 204 valence electrons. The number of carboxylic acids is 1. The van der Waals surface area contributed by atoms with Crippen LogP contribution in [0, 0.1) is 0 Å². The topological polar surface area (TPSA) is 93.4 Å². The lowest BCUT2D eigenvalue weighted by molar-refractivity contribution is -0.137. The fourth-order valence-electron chi connectivity index (χ4n) is 4.89. The van der Waals surface area contributed by atoms with Crippen LogP contribution in [0.1, 0.15) is 54.4 Å². The first-order chi connectivity index (χ1) is 18.5. The van der Waals surface area contributed by atoms with Crippen LogP contribution in [0.25, 0.3) is 27.8 Å². The third-order valence-electron chi connectivity index (χ3n) is 7.01. The van der Waals surface area contributed by atoms with Crippen molar-refractivity contribution in [1.29, 1.82) is 0 Å². The van der Waals surface area contributed by atoms with E-state index in [1.807, 2.05) is 33.0 Å². The van der Waals surface area contributed by atoms with Gasteiger partial charge in [0.05, 0.1) is 22.3 Å². The smallest absolute Gasteiger partial charge is 0.416 e. The van der Waals surface area contributed by atoms with Gasteiger partial charge in [-0.15, -0.1) is 0 Å². The Morgan fingerprint density at radius 2 is 1.90 bits per heavy atom. The first kappa shape index (κ1) is 26.6. The zero-order valence-electron chi connectivity index (χ0n) is 21.7. The van der Waals surface area contributed by atoms with Crippen LogP contribution >= 0.6 is 0 Å². The number of benzene rings is 1. The van der Waals surface area contributed by atoms with Gasteiger partial charge in [0.2, 0.25) is 0 Å². The Kier molecular flexibility index (Phi) is 7.02. The lowest BCUT2D eigenvalue weighted by atomic mass is 9.98. The number of halogens is 3. The molecule has 0 amide bonds. The molecule has 1 aliphatic rings.